The summed E-state index contributed by atoms with van der Waals surface area (Å²) in [7, 11) is 1.60. The highest BCUT2D eigenvalue weighted by atomic mass is 16.5. The minimum Gasteiger partial charge on any atom is -0.504 e. The molecule has 2 N–H and O–H groups in total. The summed E-state index contributed by atoms with van der Waals surface area (Å²) in [6.45, 7) is 5.88. The average Bonchev–Trinajstić information content (AvgIpc) is 2.63. The molecule has 2 rings (SSSR count). The number of phenolic OH excluding ortho intramolecular Hbond substituents is 2. The van der Waals surface area contributed by atoms with Crippen molar-refractivity contribution in [1.29, 1.82) is 0 Å². The van der Waals surface area contributed by atoms with E-state index in [0.717, 1.165) is 16.9 Å². The van der Waals surface area contributed by atoms with Crippen LogP contribution in [0.15, 0.2) is 36.9 Å². The number of aldehydes is 1. The molecule has 0 atom stereocenters. The van der Waals surface area contributed by atoms with Gasteiger partial charge in [-0.3, -0.25) is 4.79 Å². The largest absolute Gasteiger partial charge is 0.504 e. The van der Waals surface area contributed by atoms with Gasteiger partial charge in [-0.2, -0.15) is 0 Å². The summed E-state index contributed by atoms with van der Waals surface area (Å²) in [4.78, 5) is 11.4. The first-order valence-electron chi connectivity index (χ1n) is 7.86. The number of ether oxygens (including phenoxy) is 2. The van der Waals surface area contributed by atoms with E-state index in [9.17, 15) is 15.0 Å². The Hall–Kier alpha value is -2.79. The van der Waals surface area contributed by atoms with Crippen LogP contribution in [0.3, 0.4) is 0 Å². The number of carbonyl (C=O) groups excluding carboxylic acids is 1. The standard InChI is InChI=1S/C20H22O5/c1-4-5-16-13(2)19(22)20(23)17(10-21)18(16)12-25-11-14-6-8-15(24-3)9-7-14/h4,6-10,22-23H,1,5,11-12H2,2-3H3. The fourth-order valence-electron chi connectivity index (χ4n) is 2.69. The lowest BCUT2D eigenvalue weighted by molar-refractivity contribution is 0.103. The van der Waals surface area contributed by atoms with Gasteiger partial charge in [0.1, 0.15) is 5.75 Å². The van der Waals surface area contributed by atoms with Crippen molar-refractivity contribution in [2.75, 3.05) is 7.11 Å². The highest BCUT2D eigenvalue weighted by molar-refractivity contribution is 5.85. The number of rotatable bonds is 8. The molecule has 132 valence electrons. The third-order valence-electron chi connectivity index (χ3n) is 4.12. The molecule has 5 nitrogen and oxygen atoms in total. The number of hydrogen-bond acceptors (Lipinski definition) is 5. The zero-order valence-corrected chi connectivity index (χ0v) is 14.4. The molecule has 0 bridgehead atoms. The molecule has 0 amide bonds. The zero-order valence-electron chi connectivity index (χ0n) is 14.4. The molecule has 2 aromatic rings. The Labute approximate surface area is 147 Å². The Kier molecular flexibility index (Phi) is 6.19. The Balaban J connectivity index is 2.24. The first kappa shape index (κ1) is 18.5. The second-order valence-electron chi connectivity index (χ2n) is 5.64. The molecular weight excluding hydrogens is 320 g/mol. The fraction of sp³-hybridized carbons (Fsp3) is 0.250. The summed E-state index contributed by atoms with van der Waals surface area (Å²) in [5.41, 5.74) is 2.83. The number of benzene rings is 2. The first-order valence-corrected chi connectivity index (χ1v) is 7.86. The van der Waals surface area contributed by atoms with Crippen LogP contribution in [0.25, 0.3) is 0 Å². The zero-order chi connectivity index (χ0) is 18.4. The molecule has 0 heterocycles. The van der Waals surface area contributed by atoms with Crippen molar-refractivity contribution >= 4 is 6.29 Å². The highest BCUT2D eigenvalue weighted by Gasteiger charge is 2.20. The third-order valence-corrected chi connectivity index (χ3v) is 4.12. The van der Waals surface area contributed by atoms with E-state index in [0.29, 0.717) is 30.4 Å². The molecule has 25 heavy (non-hydrogen) atoms. The van der Waals surface area contributed by atoms with Gasteiger partial charge in [0.2, 0.25) is 0 Å². The Morgan fingerprint density at radius 3 is 2.32 bits per heavy atom. The average molecular weight is 342 g/mol. The summed E-state index contributed by atoms with van der Waals surface area (Å²) in [6.07, 6.45) is 2.68. The summed E-state index contributed by atoms with van der Waals surface area (Å²) >= 11 is 0. The first-order chi connectivity index (χ1) is 12.0. The monoisotopic (exact) mass is 342 g/mol. The fourth-order valence-corrected chi connectivity index (χ4v) is 2.69. The number of allylic oxidation sites excluding steroid dienone is 1. The van der Waals surface area contributed by atoms with Gasteiger partial charge in [-0.1, -0.05) is 18.2 Å². The second kappa shape index (κ2) is 8.35. The molecule has 0 spiro atoms. The molecule has 0 aliphatic heterocycles. The maximum Gasteiger partial charge on any atom is 0.168 e. The quantitative estimate of drug-likeness (QED) is 0.435. The smallest absolute Gasteiger partial charge is 0.168 e. The van der Waals surface area contributed by atoms with Crippen molar-refractivity contribution < 1.29 is 24.5 Å². The van der Waals surface area contributed by atoms with Crippen molar-refractivity contribution in [3.8, 4) is 17.2 Å². The molecule has 0 fully saturated rings. The van der Waals surface area contributed by atoms with Gasteiger partial charge < -0.3 is 19.7 Å². The number of hydrogen-bond donors (Lipinski definition) is 2. The highest BCUT2D eigenvalue weighted by Crippen LogP contribution is 2.38. The van der Waals surface area contributed by atoms with E-state index in [1.165, 1.54) is 0 Å². The van der Waals surface area contributed by atoms with Gasteiger partial charge in [-0.15, -0.1) is 6.58 Å². The van der Waals surface area contributed by atoms with E-state index in [2.05, 4.69) is 6.58 Å². The van der Waals surface area contributed by atoms with Crippen LogP contribution in [-0.4, -0.2) is 23.6 Å². The van der Waals surface area contributed by atoms with Crippen LogP contribution < -0.4 is 4.74 Å². The van der Waals surface area contributed by atoms with Gasteiger partial charge in [0.05, 0.1) is 25.9 Å². The van der Waals surface area contributed by atoms with Crippen LogP contribution in [-0.2, 0) is 24.4 Å². The molecule has 0 aromatic heterocycles. The van der Waals surface area contributed by atoms with Crippen molar-refractivity contribution in [3.63, 3.8) is 0 Å². The molecule has 0 saturated carbocycles. The minimum atomic E-state index is -0.414. The Bertz CT molecular complexity index is 763. The molecule has 0 saturated heterocycles. The molecule has 5 heteroatoms. The van der Waals surface area contributed by atoms with Gasteiger partial charge >= 0.3 is 0 Å². The molecule has 0 unspecified atom stereocenters. The molecule has 2 aromatic carbocycles. The van der Waals surface area contributed by atoms with E-state index >= 15 is 0 Å². The lowest BCUT2D eigenvalue weighted by Gasteiger charge is -2.17. The van der Waals surface area contributed by atoms with Gasteiger partial charge in [-0.25, -0.2) is 0 Å². The van der Waals surface area contributed by atoms with Crippen LogP contribution in [0.2, 0.25) is 0 Å². The van der Waals surface area contributed by atoms with E-state index in [1.807, 2.05) is 24.3 Å². The van der Waals surface area contributed by atoms with E-state index in [-0.39, 0.29) is 17.9 Å². The summed E-state index contributed by atoms with van der Waals surface area (Å²) in [6, 6.07) is 7.47. The number of phenols is 2. The van der Waals surface area contributed by atoms with Crippen molar-refractivity contribution in [3.05, 3.63) is 64.7 Å². The molecule has 0 aliphatic carbocycles. The van der Waals surface area contributed by atoms with Gasteiger partial charge in [0.15, 0.2) is 17.8 Å². The third kappa shape index (κ3) is 4.00. The van der Waals surface area contributed by atoms with Crippen LogP contribution >= 0.6 is 0 Å². The maximum atomic E-state index is 11.4. The molecule has 0 radical (unpaired) electrons. The van der Waals surface area contributed by atoms with Crippen LogP contribution in [0.4, 0.5) is 0 Å². The summed E-state index contributed by atoms with van der Waals surface area (Å²) < 4.78 is 10.8. The van der Waals surface area contributed by atoms with Gasteiger partial charge in [0.25, 0.3) is 0 Å². The SMILES string of the molecule is C=CCc1c(C)c(O)c(O)c(C=O)c1COCc1ccc(OC)cc1. The summed E-state index contributed by atoms with van der Waals surface area (Å²) in [5, 5.41) is 20.1. The number of carbonyl (C=O) groups is 1. The topological polar surface area (TPSA) is 76.0 Å². The van der Waals surface area contributed by atoms with E-state index < -0.39 is 5.75 Å². The van der Waals surface area contributed by atoms with Crippen LogP contribution in [0.1, 0.15) is 32.6 Å². The Morgan fingerprint density at radius 1 is 1.08 bits per heavy atom. The lowest BCUT2D eigenvalue weighted by Crippen LogP contribution is -2.06. The lowest BCUT2D eigenvalue weighted by atomic mass is 9.93. The predicted octanol–water partition coefficient (Wildman–Crippen LogP) is 3.67. The minimum absolute atomic E-state index is 0.0506. The van der Waals surface area contributed by atoms with Crippen LogP contribution in [0, 0.1) is 6.92 Å². The van der Waals surface area contributed by atoms with E-state index in [1.54, 1.807) is 20.1 Å². The normalized spacial score (nSPS) is 10.5. The Morgan fingerprint density at radius 2 is 1.76 bits per heavy atom. The van der Waals surface area contributed by atoms with E-state index in [4.69, 9.17) is 9.47 Å². The second-order valence-corrected chi connectivity index (χ2v) is 5.64. The maximum absolute atomic E-state index is 11.4. The van der Waals surface area contributed by atoms with Crippen molar-refractivity contribution in [1.82, 2.24) is 0 Å². The number of aromatic hydroxyl groups is 2. The van der Waals surface area contributed by atoms with Crippen molar-refractivity contribution in [2.24, 2.45) is 0 Å². The number of methoxy groups -OCH3 is 1. The molecular formula is C20H22O5. The molecule has 0 aliphatic rings. The van der Waals surface area contributed by atoms with Gasteiger partial charge in [0, 0.05) is 0 Å². The predicted molar refractivity (Wildman–Crippen MR) is 95.3 cm³/mol. The van der Waals surface area contributed by atoms with Gasteiger partial charge in [-0.05, 0) is 47.7 Å². The van der Waals surface area contributed by atoms with Crippen molar-refractivity contribution in [2.45, 2.75) is 26.6 Å². The summed E-state index contributed by atoms with van der Waals surface area (Å²) in [5.74, 6) is 0.0700. The van der Waals surface area contributed by atoms with Crippen LogP contribution in [0.5, 0.6) is 17.2 Å².